The van der Waals surface area contributed by atoms with Crippen molar-refractivity contribution in [2.45, 2.75) is 25.8 Å². The fourth-order valence-corrected chi connectivity index (χ4v) is 1.42. The molecule has 1 aromatic rings. The number of carbonyl (C=O) groups is 1. The highest BCUT2D eigenvalue weighted by atomic mass is 19.1. The van der Waals surface area contributed by atoms with Crippen molar-refractivity contribution >= 4 is 11.7 Å². The van der Waals surface area contributed by atoms with Gasteiger partial charge >= 0.3 is 6.03 Å². The van der Waals surface area contributed by atoms with E-state index in [0.29, 0.717) is 12.2 Å². The SMILES string of the molecule is CC(CCCN)NC(=O)Nc1ccc(F)cc1. The van der Waals surface area contributed by atoms with Crippen molar-refractivity contribution in [3.63, 3.8) is 0 Å². The van der Waals surface area contributed by atoms with Crippen LogP contribution in [0.25, 0.3) is 0 Å². The van der Waals surface area contributed by atoms with Gasteiger partial charge in [-0.3, -0.25) is 0 Å². The van der Waals surface area contributed by atoms with Crippen molar-refractivity contribution in [3.8, 4) is 0 Å². The fourth-order valence-electron chi connectivity index (χ4n) is 1.42. The third-order valence-corrected chi connectivity index (χ3v) is 2.32. The molecular formula is C12H18FN3O. The molecule has 0 aliphatic rings. The zero-order chi connectivity index (χ0) is 12.7. The second-order valence-electron chi connectivity index (χ2n) is 3.94. The Kier molecular flexibility index (Phi) is 5.42. The van der Waals surface area contributed by atoms with Gasteiger partial charge in [0.15, 0.2) is 0 Å². The van der Waals surface area contributed by atoms with Crippen LogP contribution in [0.4, 0.5) is 14.9 Å². The number of benzene rings is 1. The summed E-state index contributed by atoms with van der Waals surface area (Å²) in [4.78, 5) is 11.5. The van der Waals surface area contributed by atoms with Crippen LogP contribution in [0.5, 0.6) is 0 Å². The van der Waals surface area contributed by atoms with Crippen molar-refractivity contribution in [1.82, 2.24) is 5.32 Å². The lowest BCUT2D eigenvalue weighted by atomic mass is 10.2. The van der Waals surface area contributed by atoms with Crippen LogP contribution >= 0.6 is 0 Å². The van der Waals surface area contributed by atoms with Crippen LogP contribution in [0.15, 0.2) is 24.3 Å². The van der Waals surface area contributed by atoms with Gasteiger partial charge in [-0.25, -0.2) is 9.18 Å². The van der Waals surface area contributed by atoms with E-state index < -0.39 is 0 Å². The molecule has 0 spiro atoms. The minimum atomic E-state index is -0.327. The van der Waals surface area contributed by atoms with Crippen LogP contribution in [0.3, 0.4) is 0 Å². The quantitative estimate of drug-likeness (QED) is 0.736. The number of urea groups is 1. The molecule has 0 bridgehead atoms. The lowest BCUT2D eigenvalue weighted by molar-refractivity contribution is 0.248. The number of amides is 2. The lowest BCUT2D eigenvalue weighted by Gasteiger charge is -2.14. The van der Waals surface area contributed by atoms with E-state index in [1.54, 1.807) is 0 Å². The van der Waals surface area contributed by atoms with E-state index in [0.717, 1.165) is 12.8 Å². The Morgan fingerprint density at radius 1 is 1.41 bits per heavy atom. The predicted molar refractivity (Wildman–Crippen MR) is 66.3 cm³/mol. The third kappa shape index (κ3) is 5.31. The maximum atomic E-state index is 12.6. The van der Waals surface area contributed by atoms with Crippen molar-refractivity contribution in [2.75, 3.05) is 11.9 Å². The monoisotopic (exact) mass is 239 g/mol. The summed E-state index contributed by atoms with van der Waals surface area (Å²) in [5, 5.41) is 5.41. The zero-order valence-electron chi connectivity index (χ0n) is 9.87. The van der Waals surface area contributed by atoms with E-state index in [9.17, 15) is 9.18 Å². The molecule has 1 unspecified atom stereocenters. The first-order valence-corrected chi connectivity index (χ1v) is 5.65. The molecule has 0 saturated carbocycles. The van der Waals surface area contributed by atoms with E-state index in [1.807, 2.05) is 6.92 Å². The lowest BCUT2D eigenvalue weighted by Crippen LogP contribution is -2.36. The summed E-state index contributed by atoms with van der Waals surface area (Å²) in [6, 6.07) is 5.40. The Bertz CT molecular complexity index is 353. The molecule has 0 saturated heterocycles. The first-order chi connectivity index (χ1) is 8.11. The Morgan fingerprint density at radius 2 is 2.06 bits per heavy atom. The summed E-state index contributed by atoms with van der Waals surface area (Å²) in [5.74, 6) is -0.327. The van der Waals surface area contributed by atoms with Gasteiger partial charge in [0.05, 0.1) is 0 Å². The van der Waals surface area contributed by atoms with E-state index in [2.05, 4.69) is 10.6 Å². The highest BCUT2D eigenvalue weighted by Gasteiger charge is 2.06. The highest BCUT2D eigenvalue weighted by Crippen LogP contribution is 2.08. The molecule has 17 heavy (non-hydrogen) atoms. The minimum absolute atomic E-state index is 0.0685. The number of hydrogen-bond acceptors (Lipinski definition) is 2. The van der Waals surface area contributed by atoms with Crippen molar-refractivity contribution in [1.29, 1.82) is 0 Å². The van der Waals surface area contributed by atoms with Crippen molar-refractivity contribution in [2.24, 2.45) is 5.73 Å². The van der Waals surface area contributed by atoms with Gasteiger partial charge in [-0.1, -0.05) is 0 Å². The van der Waals surface area contributed by atoms with Crippen LogP contribution in [-0.2, 0) is 0 Å². The summed E-state index contributed by atoms with van der Waals surface area (Å²) >= 11 is 0. The molecule has 4 N–H and O–H groups in total. The van der Waals surface area contributed by atoms with E-state index in [1.165, 1.54) is 24.3 Å². The van der Waals surface area contributed by atoms with Crippen LogP contribution in [-0.4, -0.2) is 18.6 Å². The molecule has 1 atom stereocenters. The normalized spacial score (nSPS) is 11.9. The number of anilines is 1. The number of halogens is 1. The second-order valence-corrected chi connectivity index (χ2v) is 3.94. The second kappa shape index (κ2) is 6.85. The molecule has 0 fully saturated rings. The summed E-state index contributed by atoms with van der Waals surface area (Å²) in [6.45, 7) is 2.53. The van der Waals surface area contributed by atoms with Crippen LogP contribution in [0, 0.1) is 5.82 Å². The molecule has 0 radical (unpaired) electrons. The molecule has 0 heterocycles. The largest absolute Gasteiger partial charge is 0.335 e. The summed E-state index contributed by atoms with van der Waals surface area (Å²) in [5.41, 5.74) is 5.95. The Labute approximate surface area is 100 Å². The fraction of sp³-hybridized carbons (Fsp3) is 0.417. The highest BCUT2D eigenvalue weighted by molar-refractivity contribution is 5.89. The Morgan fingerprint density at radius 3 is 2.65 bits per heavy atom. The van der Waals surface area contributed by atoms with Crippen LogP contribution < -0.4 is 16.4 Å². The molecule has 0 aliphatic carbocycles. The zero-order valence-corrected chi connectivity index (χ0v) is 9.87. The number of nitrogens with one attached hydrogen (secondary N) is 2. The minimum Gasteiger partial charge on any atom is -0.335 e. The molecule has 0 aromatic heterocycles. The van der Waals surface area contributed by atoms with Gasteiger partial charge < -0.3 is 16.4 Å². The topological polar surface area (TPSA) is 67.1 Å². The third-order valence-electron chi connectivity index (χ3n) is 2.32. The summed E-state index contributed by atoms with van der Waals surface area (Å²) in [6.07, 6.45) is 1.71. The van der Waals surface area contributed by atoms with Crippen LogP contribution in [0.1, 0.15) is 19.8 Å². The predicted octanol–water partition coefficient (Wildman–Crippen LogP) is 2.07. The first kappa shape index (κ1) is 13.4. The number of rotatable bonds is 5. The van der Waals surface area contributed by atoms with Gasteiger partial charge in [-0.2, -0.15) is 0 Å². The molecule has 1 aromatic carbocycles. The van der Waals surface area contributed by atoms with Gasteiger partial charge in [0.1, 0.15) is 5.82 Å². The average Bonchev–Trinajstić information content (AvgIpc) is 2.29. The van der Waals surface area contributed by atoms with Crippen molar-refractivity contribution in [3.05, 3.63) is 30.1 Å². The summed E-state index contributed by atoms with van der Waals surface area (Å²) < 4.78 is 12.6. The number of hydrogen-bond donors (Lipinski definition) is 3. The smallest absolute Gasteiger partial charge is 0.319 e. The first-order valence-electron chi connectivity index (χ1n) is 5.65. The maximum absolute atomic E-state index is 12.6. The van der Waals surface area contributed by atoms with Crippen LogP contribution in [0.2, 0.25) is 0 Å². The molecule has 94 valence electrons. The van der Waals surface area contributed by atoms with E-state index in [-0.39, 0.29) is 17.9 Å². The van der Waals surface area contributed by atoms with Crippen molar-refractivity contribution < 1.29 is 9.18 Å². The molecule has 0 aliphatic heterocycles. The Hall–Kier alpha value is -1.62. The van der Waals surface area contributed by atoms with E-state index >= 15 is 0 Å². The van der Waals surface area contributed by atoms with Gasteiger partial charge in [-0.15, -0.1) is 0 Å². The van der Waals surface area contributed by atoms with Gasteiger partial charge in [0.2, 0.25) is 0 Å². The molecular weight excluding hydrogens is 221 g/mol. The molecule has 2 amide bonds. The average molecular weight is 239 g/mol. The van der Waals surface area contributed by atoms with Gasteiger partial charge in [-0.05, 0) is 50.6 Å². The molecule has 4 nitrogen and oxygen atoms in total. The maximum Gasteiger partial charge on any atom is 0.319 e. The number of nitrogens with two attached hydrogens (primary N) is 1. The Balaban J connectivity index is 2.36. The number of carbonyl (C=O) groups excluding carboxylic acids is 1. The molecule has 1 rings (SSSR count). The van der Waals surface area contributed by atoms with Gasteiger partial charge in [0.25, 0.3) is 0 Å². The summed E-state index contributed by atoms with van der Waals surface area (Å²) in [7, 11) is 0. The van der Waals surface area contributed by atoms with Gasteiger partial charge in [0, 0.05) is 11.7 Å². The molecule has 5 heteroatoms. The standard InChI is InChI=1S/C12H18FN3O/c1-9(3-2-8-14)15-12(17)16-11-6-4-10(13)5-7-11/h4-7,9H,2-3,8,14H2,1H3,(H2,15,16,17). The van der Waals surface area contributed by atoms with E-state index in [4.69, 9.17) is 5.73 Å².